The van der Waals surface area contributed by atoms with Gasteiger partial charge in [-0.1, -0.05) is 22.2 Å². The van der Waals surface area contributed by atoms with Crippen molar-refractivity contribution in [2.75, 3.05) is 13.2 Å². The Morgan fingerprint density at radius 2 is 1.15 bits per heavy atom. The van der Waals surface area contributed by atoms with Crippen molar-refractivity contribution in [3.8, 4) is 22.5 Å². The number of hydrogen-bond acceptors (Lipinski definition) is 15. The van der Waals surface area contributed by atoms with Gasteiger partial charge in [0.25, 0.3) is 0 Å². The fourth-order valence-electron chi connectivity index (χ4n) is 5.05. The Kier molecular flexibility index (Phi) is 8.53. The SMILES string of the molecule is OCC1O[C@@H](SC2O[C@H](CO)C(O)C(n3cc(-c4ccsc4)nn3)[C@H]2O)C(O)C(n2cc(-c3ccsc3)nn2)[C@H]1O. The smallest absolute Gasteiger partial charge is 0.134 e. The van der Waals surface area contributed by atoms with Gasteiger partial charge < -0.3 is 40.1 Å². The van der Waals surface area contributed by atoms with E-state index in [9.17, 15) is 30.6 Å². The van der Waals surface area contributed by atoms with Crippen LogP contribution in [0.15, 0.2) is 46.0 Å². The molecule has 0 saturated carbocycles. The molecular weight excluding hydrogens is 596 g/mol. The average molecular weight is 625 g/mol. The molecule has 2 aliphatic heterocycles. The predicted molar refractivity (Wildman–Crippen MR) is 148 cm³/mol. The zero-order valence-electron chi connectivity index (χ0n) is 21.2. The van der Waals surface area contributed by atoms with E-state index in [1.54, 1.807) is 12.4 Å². The molecule has 0 amide bonds. The van der Waals surface area contributed by atoms with E-state index in [1.807, 2.05) is 33.7 Å². The summed E-state index contributed by atoms with van der Waals surface area (Å²) in [6.07, 6.45) is -4.39. The minimum Gasteiger partial charge on any atom is -0.394 e. The Hall–Kier alpha value is -2.29. The van der Waals surface area contributed by atoms with E-state index in [1.165, 1.54) is 32.0 Å². The van der Waals surface area contributed by atoms with Crippen LogP contribution in [-0.4, -0.2) is 121 Å². The Bertz CT molecular complexity index is 1300. The summed E-state index contributed by atoms with van der Waals surface area (Å²) in [6, 6.07) is 1.65. The zero-order valence-corrected chi connectivity index (χ0v) is 23.7. The summed E-state index contributed by atoms with van der Waals surface area (Å²) in [5, 5.41) is 88.6. The molecule has 10 atom stereocenters. The molecule has 41 heavy (non-hydrogen) atoms. The van der Waals surface area contributed by atoms with Crippen LogP contribution in [0.2, 0.25) is 0 Å². The van der Waals surface area contributed by atoms with Gasteiger partial charge in [0.15, 0.2) is 0 Å². The number of thiophene rings is 2. The number of nitrogens with zero attached hydrogens (tertiary/aromatic N) is 6. The Balaban J connectivity index is 1.25. The van der Waals surface area contributed by atoms with Crippen LogP contribution in [0.1, 0.15) is 12.1 Å². The van der Waals surface area contributed by atoms with Crippen molar-refractivity contribution >= 4 is 34.4 Å². The third-order valence-electron chi connectivity index (χ3n) is 7.23. The normalized spacial score (nSPS) is 34.2. The molecule has 0 spiro atoms. The van der Waals surface area contributed by atoms with E-state index < -0.39 is 72.8 Å². The molecule has 6 unspecified atom stereocenters. The van der Waals surface area contributed by atoms with E-state index in [0.717, 1.165) is 22.9 Å². The van der Waals surface area contributed by atoms with Gasteiger partial charge in [0, 0.05) is 21.9 Å². The summed E-state index contributed by atoms with van der Waals surface area (Å²) in [7, 11) is 0. The van der Waals surface area contributed by atoms with Crippen molar-refractivity contribution in [3.63, 3.8) is 0 Å². The van der Waals surface area contributed by atoms with Gasteiger partial charge in [-0.25, -0.2) is 9.36 Å². The standard InChI is InChI=1S/C24H28N6O8S3/c31-7-15-19(33)17(29-5-13(25-27-29)11-1-3-39-9-11)21(35)23(37-15)41-24-22(36)18(20(34)16(8-32)38-24)30-6-14(26-28-30)12-2-4-40-10-12/h1-6,9-10,15-24,31-36H,7-8H2/t15-,16?,17?,18?,19?,20+,21-,22?,23?,24+/m1/s1. The van der Waals surface area contributed by atoms with Gasteiger partial charge in [-0.05, 0) is 22.9 Å². The lowest BCUT2D eigenvalue weighted by Gasteiger charge is -2.46. The topological polar surface area (TPSA) is 201 Å². The van der Waals surface area contributed by atoms with E-state index in [-0.39, 0.29) is 0 Å². The van der Waals surface area contributed by atoms with E-state index in [2.05, 4.69) is 20.6 Å². The summed E-state index contributed by atoms with van der Waals surface area (Å²) in [5.74, 6) is 0. The Morgan fingerprint density at radius 3 is 1.51 bits per heavy atom. The number of thioether (sulfide) groups is 1. The highest BCUT2D eigenvalue weighted by molar-refractivity contribution is 8.00. The number of ether oxygens (including phenoxy) is 2. The largest absolute Gasteiger partial charge is 0.394 e. The molecule has 6 heterocycles. The van der Waals surface area contributed by atoms with Crippen LogP contribution in [0.3, 0.4) is 0 Å². The van der Waals surface area contributed by atoms with Crippen molar-refractivity contribution in [2.45, 2.75) is 59.6 Å². The molecule has 14 nitrogen and oxygen atoms in total. The van der Waals surface area contributed by atoms with Crippen molar-refractivity contribution in [3.05, 3.63) is 46.0 Å². The lowest BCUT2D eigenvalue weighted by atomic mass is 9.97. The fraction of sp³-hybridized carbons (Fsp3) is 0.500. The van der Waals surface area contributed by atoms with Gasteiger partial charge in [0.1, 0.15) is 71.0 Å². The van der Waals surface area contributed by atoms with Crippen molar-refractivity contribution < 1.29 is 40.1 Å². The molecule has 2 fully saturated rings. The summed E-state index contributed by atoms with van der Waals surface area (Å²) < 4.78 is 14.3. The number of aliphatic hydroxyl groups excluding tert-OH is 6. The molecule has 4 aromatic rings. The van der Waals surface area contributed by atoms with Crippen LogP contribution in [0.4, 0.5) is 0 Å². The molecule has 0 aromatic carbocycles. The molecule has 0 bridgehead atoms. The van der Waals surface area contributed by atoms with Crippen LogP contribution in [-0.2, 0) is 9.47 Å². The first-order chi connectivity index (χ1) is 19.9. The van der Waals surface area contributed by atoms with Gasteiger partial charge in [-0.2, -0.15) is 22.7 Å². The Morgan fingerprint density at radius 1 is 0.707 bits per heavy atom. The quantitative estimate of drug-likeness (QED) is 0.150. The van der Waals surface area contributed by atoms with E-state index >= 15 is 0 Å². The molecule has 0 radical (unpaired) electrons. The number of hydrogen-bond donors (Lipinski definition) is 6. The van der Waals surface area contributed by atoms with Gasteiger partial charge in [-0.15, -0.1) is 10.2 Å². The highest BCUT2D eigenvalue weighted by Crippen LogP contribution is 2.42. The van der Waals surface area contributed by atoms with Crippen LogP contribution < -0.4 is 0 Å². The summed E-state index contributed by atoms with van der Waals surface area (Å²) in [4.78, 5) is 0. The maximum atomic E-state index is 11.4. The van der Waals surface area contributed by atoms with Gasteiger partial charge >= 0.3 is 0 Å². The summed E-state index contributed by atoms with van der Waals surface area (Å²) >= 11 is 3.88. The van der Waals surface area contributed by atoms with E-state index in [0.29, 0.717) is 11.4 Å². The molecule has 6 N–H and O–H groups in total. The lowest BCUT2D eigenvalue weighted by Crippen LogP contribution is -2.58. The Labute approximate surface area is 245 Å². The average Bonchev–Trinajstić information content (AvgIpc) is 3.79. The van der Waals surface area contributed by atoms with Gasteiger partial charge in [0.05, 0.1) is 25.6 Å². The van der Waals surface area contributed by atoms with Crippen molar-refractivity contribution in [1.29, 1.82) is 0 Å². The van der Waals surface area contributed by atoms with Crippen molar-refractivity contribution in [1.82, 2.24) is 30.0 Å². The molecule has 0 aliphatic carbocycles. The van der Waals surface area contributed by atoms with Crippen LogP contribution in [0, 0.1) is 0 Å². The van der Waals surface area contributed by atoms with Crippen molar-refractivity contribution in [2.24, 2.45) is 0 Å². The molecule has 17 heteroatoms. The maximum Gasteiger partial charge on any atom is 0.134 e. The molecule has 220 valence electrons. The minimum absolute atomic E-state index is 0.546. The third kappa shape index (κ3) is 5.48. The predicted octanol–water partition coefficient (Wildman–Crippen LogP) is -0.280. The second-order valence-corrected chi connectivity index (χ2v) is 12.5. The third-order valence-corrected chi connectivity index (χ3v) is 9.91. The molecule has 6 rings (SSSR count). The second kappa shape index (κ2) is 12.1. The molecular formula is C24H28N6O8S3. The second-order valence-electron chi connectivity index (χ2n) is 9.72. The molecule has 2 saturated heterocycles. The van der Waals surface area contributed by atoms with Crippen LogP contribution >= 0.6 is 34.4 Å². The fourth-order valence-corrected chi connectivity index (χ4v) is 7.67. The maximum absolute atomic E-state index is 11.4. The summed E-state index contributed by atoms with van der Waals surface area (Å²) in [6.45, 7) is -1.10. The highest BCUT2D eigenvalue weighted by Gasteiger charge is 2.51. The van der Waals surface area contributed by atoms with Gasteiger partial charge in [0.2, 0.25) is 0 Å². The highest BCUT2D eigenvalue weighted by atomic mass is 32.2. The number of aromatic nitrogens is 6. The van der Waals surface area contributed by atoms with Gasteiger partial charge in [-0.3, -0.25) is 0 Å². The summed E-state index contributed by atoms with van der Waals surface area (Å²) in [5.41, 5.74) is 0.532. The van der Waals surface area contributed by atoms with Crippen LogP contribution in [0.25, 0.3) is 22.5 Å². The molecule has 4 aromatic heterocycles. The first kappa shape index (κ1) is 28.8. The van der Waals surface area contributed by atoms with Crippen LogP contribution in [0.5, 0.6) is 0 Å². The minimum atomic E-state index is -1.37. The molecule has 2 aliphatic rings. The number of rotatable bonds is 8. The monoisotopic (exact) mass is 624 g/mol. The first-order valence-electron chi connectivity index (χ1n) is 12.7. The zero-order chi connectivity index (χ0) is 28.7. The van der Waals surface area contributed by atoms with E-state index in [4.69, 9.17) is 9.47 Å². The number of aliphatic hydroxyl groups is 6. The lowest BCUT2D eigenvalue weighted by molar-refractivity contribution is -0.189. The first-order valence-corrected chi connectivity index (χ1v) is 15.5.